The van der Waals surface area contributed by atoms with Crippen LogP contribution >= 0.6 is 0 Å². The Morgan fingerprint density at radius 2 is 1.43 bits per heavy atom. The summed E-state index contributed by atoms with van der Waals surface area (Å²) >= 11 is 0. The van der Waals surface area contributed by atoms with Crippen LogP contribution in [0.15, 0.2) is 0 Å². The van der Waals surface area contributed by atoms with Crippen LogP contribution in [0.25, 0.3) is 0 Å². The van der Waals surface area contributed by atoms with Gasteiger partial charge in [0.25, 0.3) is 0 Å². The fourth-order valence-electron chi connectivity index (χ4n) is 6.49. The molecule has 1 unspecified atom stereocenters. The van der Waals surface area contributed by atoms with Gasteiger partial charge < -0.3 is 15.0 Å². The Hall–Kier alpha value is -1.10. The summed E-state index contributed by atoms with van der Waals surface area (Å²) in [6.45, 7) is 26.4. The number of likely N-dealkylation sites (tertiary alicyclic amines) is 1. The number of ether oxygens (including phenoxy) is 1. The SMILES string of the molecule is C.CC.CCCC(C)(C)CC(C)(C)CCC(=O)NCC(C)(C)CC(C)(C)CC(=O)N1CCCC1COC. The van der Waals surface area contributed by atoms with Gasteiger partial charge in [-0.2, -0.15) is 0 Å². The maximum atomic E-state index is 13.0. The summed E-state index contributed by atoms with van der Waals surface area (Å²) in [7, 11) is 1.70. The molecule has 0 bridgehead atoms. The summed E-state index contributed by atoms with van der Waals surface area (Å²) in [5.74, 6) is 0.375. The van der Waals surface area contributed by atoms with E-state index in [4.69, 9.17) is 4.74 Å². The van der Waals surface area contributed by atoms with Crippen LogP contribution in [-0.2, 0) is 14.3 Å². The minimum atomic E-state index is -0.127. The van der Waals surface area contributed by atoms with E-state index in [1.165, 1.54) is 12.8 Å². The monoisotopic (exact) mass is 527 g/mol. The molecular weight excluding hydrogens is 460 g/mol. The number of nitrogens with zero attached hydrogens (tertiary/aromatic N) is 1. The number of nitrogens with one attached hydrogen (secondary N) is 1. The molecule has 1 saturated heterocycles. The molecule has 2 amide bonds. The first-order valence-corrected chi connectivity index (χ1v) is 14.6. The van der Waals surface area contributed by atoms with Gasteiger partial charge in [-0.25, -0.2) is 0 Å². The second-order valence-electron chi connectivity index (χ2n) is 14.1. The highest BCUT2D eigenvalue weighted by atomic mass is 16.5. The highest BCUT2D eigenvalue weighted by Gasteiger charge is 2.35. The molecule has 0 aromatic rings. The molecule has 0 aromatic carbocycles. The third-order valence-corrected chi connectivity index (χ3v) is 7.32. The predicted octanol–water partition coefficient (Wildman–Crippen LogP) is 8.26. The summed E-state index contributed by atoms with van der Waals surface area (Å²) in [6.07, 6.45) is 8.55. The second kappa shape index (κ2) is 16.8. The number of hydrogen-bond donors (Lipinski definition) is 1. The van der Waals surface area contributed by atoms with Gasteiger partial charge in [-0.15, -0.1) is 0 Å². The van der Waals surface area contributed by atoms with E-state index in [1.54, 1.807) is 7.11 Å². The molecule has 222 valence electrons. The Morgan fingerprint density at radius 3 is 1.97 bits per heavy atom. The molecule has 1 heterocycles. The Balaban J connectivity index is 0. The fourth-order valence-corrected chi connectivity index (χ4v) is 6.49. The van der Waals surface area contributed by atoms with Gasteiger partial charge in [-0.1, -0.05) is 90.0 Å². The molecule has 37 heavy (non-hydrogen) atoms. The van der Waals surface area contributed by atoms with Gasteiger partial charge in [-0.05, 0) is 60.2 Å². The molecule has 1 fully saturated rings. The van der Waals surface area contributed by atoms with E-state index in [-0.39, 0.29) is 41.5 Å². The number of carbonyl (C=O) groups is 2. The fraction of sp³-hybridized carbons (Fsp3) is 0.938. The van der Waals surface area contributed by atoms with E-state index < -0.39 is 0 Å². The average Bonchev–Trinajstić information content (AvgIpc) is 3.19. The number of carbonyl (C=O) groups excluding carboxylic acids is 2. The largest absolute Gasteiger partial charge is 0.383 e. The lowest BCUT2D eigenvalue weighted by Gasteiger charge is -2.37. The number of rotatable bonds is 15. The zero-order valence-electron chi connectivity index (χ0n) is 26.2. The van der Waals surface area contributed by atoms with Gasteiger partial charge in [0.05, 0.1) is 12.6 Å². The van der Waals surface area contributed by atoms with Crippen molar-refractivity contribution in [3.8, 4) is 0 Å². The molecule has 1 aliphatic rings. The standard InChI is InChI=1S/C29H56N2O3.C2H6.CH4/c1-11-15-26(2,3)20-27(4,5)16-14-24(32)30-22-29(8,9)21-28(6,7)18-25(33)31-17-12-13-23(31)19-34-10;1-2;/h23H,11-22H2,1-10H3,(H,30,32);1-2H3;1H4. The molecule has 0 aromatic heterocycles. The molecule has 1 aliphatic heterocycles. The Kier molecular flexibility index (Phi) is 17.2. The minimum absolute atomic E-state index is 0. The van der Waals surface area contributed by atoms with Crippen LogP contribution in [-0.4, -0.2) is 49.6 Å². The van der Waals surface area contributed by atoms with E-state index >= 15 is 0 Å². The van der Waals surface area contributed by atoms with Gasteiger partial charge in [-0.3, -0.25) is 9.59 Å². The van der Waals surface area contributed by atoms with Crippen LogP contribution < -0.4 is 5.32 Å². The lowest BCUT2D eigenvalue weighted by molar-refractivity contribution is -0.135. The first-order valence-electron chi connectivity index (χ1n) is 14.6. The molecule has 5 heteroatoms. The average molecular weight is 527 g/mol. The number of hydrogen-bond acceptors (Lipinski definition) is 3. The zero-order valence-corrected chi connectivity index (χ0v) is 26.2. The lowest BCUT2D eigenvalue weighted by Crippen LogP contribution is -2.42. The molecule has 1 atom stereocenters. The van der Waals surface area contributed by atoms with Crippen molar-refractivity contribution in [1.29, 1.82) is 0 Å². The lowest BCUT2D eigenvalue weighted by atomic mass is 9.71. The minimum Gasteiger partial charge on any atom is -0.383 e. The highest BCUT2D eigenvalue weighted by molar-refractivity contribution is 5.77. The third kappa shape index (κ3) is 15.8. The highest BCUT2D eigenvalue weighted by Crippen LogP contribution is 2.40. The third-order valence-electron chi connectivity index (χ3n) is 7.32. The van der Waals surface area contributed by atoms with Gasteiger partial charge in [0, 0.05) is 33.0 Å². The molecule has 0 aliphatic carbocycles. The molecule has 5 nitrogen and oxygen atoms in total. The van der Waals surface area contributed by atoms with E-state index in [1.807, 2.05) is 18.7 Å². The molecule has 0 radical (unpaired) electrons. The van der Waals surface area contributed by atoms with Gasteiger partial charge in [0.2, 0.25) is 11.8 Å². The first kappa shape index (κ1) is 38.0. The van der Waals surface area contributed by atoms with Crippen molar-refractivity contribution in [3.05, 3.63) is 0 Å². The summed E-state index contributed by atoms with van der Waals surface area (Å²) in [5.41, 5.74) is 0.274. The van der Waals surface area contributed by atoms with E-state index in [9.17, 15) is 9.59 Å². The van der Waals surface area contributed by atoms with E-state index in [0.29, 0.717) is 31.4 Å². The summed E-state index contributed by atoms with van der Waals surface area (Å²) < 4.78 is 5.31. The molecule has 1 rings (SSSR count). The smallest absolute Gasteiger partial charge is 0.223 e. The van der Waals surface area contributed by atoms with Gasteiger partial charge in [0.15, 0.2) is 0 Å². The van der Waals surface area contributed by atoms with E-state index in [0.717, 1.165) is 38.6 Å². The maximum Gasteiger partial charge on any atom is 0.223 e. The van der Waals surface area contributed by atoms with Crippen molar-refractivity contribution >= 4 is 11.8 Å². The van der Waals surface area contributed by atoms with Crippen LogP contribution in [0.5, 0.6) is 0 Å². The molecule has 0 spiro atoms. The number of methoxy groups -OCH3 is 1. The van der Waals surface area contributed by atoms with Crippen LogP contribution in [0.2, 0.25) is 0 Å². The molecular formula is C32H66N2O3. The van der Waals surface area contributed by atoms with E-state index in [2.05, 4.69) is 67.6 Å². The maximum absolute atomic E-state index is 13.0. The second-order valence-corrected chi connectivity index (χ2v) is 14.1. The first-order chi connectivity index (χ1) is 16.5. The van der Waals surface area contributed by atoms with Crippen molar-refractivity contribution in [2.45, 2.75) is 147 Å². The predicted molar refractivity (Wildman–Crippen MR) is 161 cm³/mol. The Morgan fingerprint density at radius 1 is 0.892 bits per heavy atom. The molecule has 1 N–H and O–H groups in total. The van der Waals surface area contributed by atoms with Crippen LogP contribution in [0, 0.1) is 21.7 Å². The van der Waals surface area contributed by atoms with Crippen LogP contribution in [0.4, 0.5) is 0 Å². The van der Waals surface area contributed by atoms with Gasteiger partial charge in [0.1, 0.15) is 0 Å². The van der Waals surface area contributed by atoms with Gasteiger partial charge >= 0.3 is 0 Å². The number of amides is 2. The van der Waals surface area contributed by atoms with Crippen LogP contribution in [0.1, 0.15) is 141 Å². The van der Waals surface area contributed by atoms with Crippen molar-refractivity contribution in [3.63, 3.8) is 0 Å². The van der Waals surface area contributed by atoms with Crippen LogP contribution in [0.3, 0.4) is 0 Å². The van der Waals surface area contributed by atoms with Crippen molar-refractivity contribution in [2.24, 2.45) is 21.7 Å². The molecule has 0 saturated carbocycles. The quantitative estimate of drug-likeness (QED) is 0.234. The summed E-state index contributed by atoms with van der Waals surface area (Å²) in [5, 5.41) is 3.19. The normalized spacial score (nSPS) is 16.5. The Bertz CT molecular complexity index is 652. The summed E-state index contributed by atoms with van der Waals surface area (Å²) in [6, 6.07) is 0.220. The van der Waals surface area contributed by atoms with Crippen molar-refractivity contribution in [2.75, 3.05) is 26.8 Å². The zero-order chi connectivity index (χ0) is 28.2. The Labute approximate surface area is 232 Å². The van der Waals surface area contributed by atoms with Crippen molar-refractivity contribution < 1.29 is 14.3 Å². The summed E-state index contributed by atoms with van der Waals surface area (Å²) in [4.78, 5) is 27.7. The van der Waals surface area contributed by atoms with Crippen molar-refractivity contribution in [1.82, 2.24) is 10.2 Å². The topological polar surface area (TPSA) is 58.6 Å².